The van der Waals surface area contributed by atoms with E-state index in [-0.39, 0.29) is 11.9 Å². The highest BCUT2D eigenvalue weighted by Crippen LogP contribution is 2.33. The Hall–Kier alpha value is -2.40. The van der Waals surface area contributed by atoms with Crippen LogP contribution >= 0.6 is 0 Å². The quantitative estimate of drug-likeness (QED) is 0.896. The smallest absolute Gasteiger partial charge is 0.227 e. The summed E-state index contributed by atoms with van der Waals surface area (Å²) >= 11 is 0. The van der Waals surface area contributed by atoms with Crippen LogP contribution in [0.4, 0.5) is 0 Å². The second-order valence-corrected chi connectivity index (χ2v) is 6.88. The maximum Gasteiger partial charge on any atom is 0.227 e. The summed E-state index contributed by atoms with van der Waals surface area (Å²) in [5, 5.41) is 11.0. The molecular weight excluding hydrogens is 328 g/mol. The molecule has 2 aromatic rings. The van der Waals surface area contributed by atoms with E-state index in [2.05, 4.69) is 4.98 Å². The highest BCUT2D eigenvalue weighted by atomic mass is 16.5. The summed E-state index contributed by atoms with van der Waals surface area (Å²) in [4.78, 5) is 18.9. The Balaban J connectivity index is 1.78. The lowest BCUT2D eigenvalue weighted by atomic mass is 9.92. The van der Waals surface area contributed by atoms with Crippen molar-refractivity contribution in [3.8, 4) is 5.75 Å². The Labute approximate surface area is 154 Å². The lowest BCUT2D eigenvalue weighted by Crippen LogP contribution is -2.47. The van der Waals surface area contributed by atoms with Gasteiger partial charge in [0.15, 0.2) is 0 Å². The maximum absolute atomic E-state index is 12.9. The standard InChI is InChI=1S/C21H26N2O3/c1-15-6-8-16(9-7-15)13-20(24)23-12-4-3-5-18(23)21(25)17-14-22-11-10-19(17)26-2/h6-11,14,18,21,25H,3-5,12-13H2,1-2H3/t18-,21?/m1/s1. The molecule has 1 aromatic carbocycles. The van der Waals surface area contributed by atoms with E-state index in [1.807, 2.05) is 36.1 Å². The molecule has 2 atom stereocenters. The van der Waals surface area contributed by atoms with Crippen LogP contribution in [0, 0.1) is 6.92 Å². The number of aryl methyl sites for hydroxylation is 1. The number of piperidine rings is 1. The van der Waals surface area contributed by atoms with Gasteiger partial charge in [0.1, 0.15) is 11.9 Å². The number of aromatic nitrogens is 1. The third-order valence-corrected chi connectivity index (χ3v) is 5.06. The average Bonchev–Trinajstić information content (AvgIpc) is 2.69. The zero-order valence-electron chi connectivity index (χ0n) is 15.4. The van der Waals surface area contributed by atoms with E-state index < -0.39 is 6.10 Å². The lowest BCUT2D eigenvalue weighted by molar-refractivity contribution is -0.137. The number of benzene rings is 1. The molecule has 1 N–H and O–H groups in total. The fourth-order valence-corrected chi connectivity index (χ4v) is 3.59. The SMILES string of the molecule is COc1ccncc1C(O)[C@H]1CCCCN1C(=O)Cc1ccc(C)cc1. The number of hydrogen-bond acceptors (Lipinski definition) is 4. The molecule has 0 spiro atoms. The first-order valence-electron chi connectivity index (χ1n) is 9.11. The van der Waals surface area contributed by atoms with Crippen LogP contribution in [-0.4, -0.2) is 40.6 Å². The highest BCUT2D eigenvalue weighted by Gasteiger charge is 2.34. The van der Waals surface area contributed by atoms with Crippen LogP contribution in [-0.2, 0) is 11.2 Å². The first-order chi connectivity index (χ1) is 12.6. The van der Waals surface area contributed by atoms with Gasteiger partial charge in [0, 0.05) is 24.5 Å². The van der Waals surface area contributed by atoms with Crippen LogP contribution in [0.2, 0.25) is 0 Å². The first kappa shape index (κ1) is 18.4. The van der Waals surface area contributed by atoms with Crippen LogP contribution in [0.25, 0.3) is 0 Å². The molecule has 0 bridgehead atoms. The Morgan fingerprint density at radius 2 is 2.08 bits per heavy atom. The topological polar surface area (TPSA) is 62.7 Å². The molecule has 1 fully saturated rings. The fourth-order valence-electron chi connectivity index (χ4n) is 3.59. The van der Waals surface area contributed by atoms with Gasteiger partial charge in [-0.15, -0.1) is 0 Å². The molecule has 1 aliphatic rings. The lowest BCUT2D eigenvalue weighted by Gasteiger charge is -2.39. The van der Waals surface area contributed by atoms with Crippen LogP contribution in [0.3, 0.4) is 0 Å². The van der Waals surface area contributed by atoms with Crippen molar-refractivity contribution in [2.75, 3.05) is 13.7 Å². The molecule has 138 valence electrons. The van der Waals surface area contributed by atoms with Crippen molar-refractivity contribution in [1.82, 2.24) is 9.88 Å². The van der Waals surface area contributed by atoms with Gasteiger partial charge in [0.25, 0.3) is 0 Å². The Morgan fingerprint density at radius 1 is 1.31 bits per heavy atom. The van der Waals surface area contributed by atoms with Crippen LogP contribution in [0.15, 0.2) is 42.7 Å². The van der Waals surface area contributed by atoms with Gasteiger partial charge in [-0.2, -0.15) is 0 Å². The van der Waals surface area contributed by atoms with Gasteiger partial charge >= 0.3 is 0 Å². The monoisotopic (exact) mass is 354 g/mol. The summed E-state index contributed by atoms with van der Waals surface area (Å²) in [7, 11) is 1.58. The normalized spacial score (nSPS) is 18.4. The van der Waals surface area contributed by atoms with Gasteiger partial charge in [-0.05, 0) is 37.8 Å². The number of methoxy groups -OCH3 is 1. The molecule has 0 saturated carbocycles. The van der Waals surface area contributed by atoms with Gasteiger partial charge in [-0.3, -0.25) is 9.78 Å². The number of amides is 1. The molecule has 1 aliphatic heterocycles. The molecule has 1 aromatic heterocycles. The van der Waals surface area contributed by atoms with Crippen molar-refractivity contribution >= 4 is 5.91 Å². The van der Waals surface area contributed by atoms with Crippen molar-refractivity contribution in [2.45, 2.75) is 44.8 Å². The van der Waals surface area contributed by atoms with E-state index >= 15 is 0 Å². The van der Waals surface area contributed by atoms with Crippen LogP contribution in [0.5, 0.6) is 5.75 Å². The number of likely N-dealkylation sites (tertiary alicyclic amines) is 1. The largest absolute Gasteiger partial charge is 0.496 e. The van der Waals surface area contributed by atoms with E-state index in [9.17, 15) is 9.90 Å². The number of pyridine rings is 1. The van der Waals surface area contributed by atoms with E-state index in [1.165, 1.54) is 5.56 Å². The molecule has 1 unspecified atom stereocenters. The Bertz CT molecular complexity index is 745. The van der Waals surface area contributed by atoms with E-state index in [0.29, 0.717) is 24.3 Å². The minimum absolute atomic E-state index is 0.0560. The third kappa shape index (κ3) is 4.05. The molecule has 5 nitrogen and oxygen atoms in total. The predicted molar refractivity (Wildman–Crippen MR) is 100.0 cm³/mol. The summed E-state index contributed by atoms with van der Waals surface area (Å²) in [6.45, 7) is 2.71. The number of rotatable bonds is 5. The summed E-state index contributed by atoms with van der Waals surface area (Å²) in [5.74, 6) is 0.657. The molecule has 26 heavy (non-hydrogen) atoms. The Morgan fingerprint density at radius 3 is 2.81 bits per heavy atom. The number of aliphatic hydroxyl groups excluding tert-OH is 1. The van der Waals surface area contributed by atoms with Crippen molar-refractivity contribution in [3.05, 3.63) is 59.4 Å². The molecular formula is C21H26N2O3. The van der Waals surface area contributed by atoms with Crippen molar-refractivity contribution in [1.29, 1.82) is 0 Å². The fraction of sp³-hybridized carbons (Fsp3) is 0.429. The second kappa shape index (κ2) is 8.32. The van der Waals surface area contributed by atoms with Gasteiger partial charge in [0.05, 0.1) is 19.6 Å². The number of ether oxygens (including phenoxy) is 1. The number of hydrogen-bond donors (Lipinski definition) is 1. The average molecular weight is 354 g/mol. The molecule has 2 heterocycles. The molecule has 0 radical (unpaired) electrons. The molecule has 1 amide bonds. The molecule has 0 aliphatic carbocycles. The summed E-state index contributed by atoms with van der Waals surface area (Å²) < 4.78 is 5.36. The zero-order valence-corrected chi connectivity index (χ0v) is 15.4. The first-order valence-corrected chi connectivity index (χ1v) is 9.11. The minimum atomic E-state index is -0.805. The van der Waals surface area contributed by atoms with Crippen LogP contribution < -0.4 is 4.74 Å². The van der Waals surface area contributed by atoms with Gasteiger partial charge in [-0.25, -0.2) is 0 Å². The minimum Gasteiger partial charge on any atom is -0.496 e. The van der Waals surface area contributed by atoms with Crippen molar-refractivity contribution in [3.63, 3.8) is 0 Å². The number of aliphatic hydroxyl groups is 1. The summed E-state index contributed by atoms with van der Waals surface area (Å²) in [5.41, 5.74) is 2.81. The summed E-state index contributed by atoms with van der Waals surface area (Å²) in [6.07, 6.45) is 5.55. The number of carbonyl (C=O) groups excluding carboxylic acids is 1. The maximum atomic E-state index is 12.9. The zero-order chi connectivity index (χ0) is 18.5. The summed E-state index contributed by atoms with van der Waals surface area (Å²) in [6, 6.07) is 9.51. The van der Waals surface area contributed by atoms with E-state index in [0.717, 1.165) is 24.8 Å². The molecule has 3 rings (SSSR count). The highest BCUT2D eigenvalue weighted by molar-refractivity contribution is 5.79. The Kier molecular flexibility index (Phi) is 5.89. The number of nitrogens with zero attached hydrogens (tertiary/aromatic N) is 2. The molecule has 1 saturated heterocycles. The second-order valence-electron chi connectivity index (χ2n) is 6.88. The molecule has 5 heteroatoms. The third-order valence-electron chi connectivity index (χ3n) is 5.06. The van der Waals surface area contributed by atoms with E-state index in [1.54, 1.807) is 25.6 Å². The van der Waals surface area contributed by atoms with Crippen molar-refractivity contribution in [2.24, 2.45) is 0 Å². The number of carbonyl (C=O) groups is 1. The van der Waals surface area contributed by atoms with Gasteiger partial charge in [0.2, 0.25) is 5.91 Å². The van der Waals surface area contributed by atoms with Gasteiger partial charge in [-0.1, -0.05) is 29.8 Å². The van der Waals surface area contributed by atoms with Crippen LogP contribution in [0.1, 0.15) is 42.1 Å². The van der Waals surface area contributed by atoms with E-state index in [4.69, 9.17) is 4.74 Å². The van der Waals surface area contributed by atoms with Crippen molar-refractivity contribution < 1.29 is 14.6 Å². The predicted octanol–water partition coefficient (Wildman–Crippen LogP) is 3.06. The van der Waals surface area contributed by atoms with Gasteiger partial charge < -0.3 is 14.7 Å².